The molecule has 2 N–H and O–H groups in total. The number of hydrogen-bond donors (Lipinski definition) is 1. The SMILES string of the molecule is Nc1ccc(CCN2CC3CC(C3)C2=O)cc1. The number of benzene rings is 1. The van der Waals surface area contributed by atoms with Crippen LogP contribution in [-0.4, -0.2) is 23.9 Å². The van der Waals surface area contributed by atoms with Gasteiger partial charge in [0.25, 0.3) is 0 Å². The molecular weight excluding hydrogens is 212 g/mol. The van der Waals surface area contributed by atoms with Crippen molar-refractivity contribution in [2.24, 2.45) is 11.8 Å². The number of nitrogens with zero attached hydrogens (tertiary/aromatic N) is 1. The van der Waals surface area contributed by atoms with Gasteiger partial charge in [0.1, 0.15) is 0 Å². The summed E-state index contributed by atoms with van der Waals surface area (Å²) in [6.07, 6.45) is 3.21. The molecule has 4 rings (SSSR count). The van der Waals surface area contributed by atoms with Crippen molar-refractivity contribution in [3.05, 3.63) is 29.8 Å². The summed E-state index contributed by atoms with van der Waals surface area (Å²) in [6, 6.07) is 7.94. The van der Waals surface area contributed by atoms with E-state index in [1.807, 2.05) is 29.2 Å². The minimum atomic E-state index is 0.347. The number of nitrogen functional groups attached to an aromatic ring is 1. The molecule has 3 aliphatic rings. The van der Waals surface area contributed by atoms with E-state index in [4.69, 9.17) is 5.73 Å². The molecule has 3 nitrogen and oxygen atoms in total. The number of carbonyl (C=O) groups is 1. The molecule has 2 aliphatic heterocycles. The van der Waals surface area contributed by atoms with Gasteiger partial charge in [-0.05, 0) is 42.9 Å². The van der Waals surface area contributed by atoms with E-state index in [2.05, 4.69) is 0 Å². The van der Waals surface area contributed by atoms with Crippen molar-refractivity contribution in [1.82, 2.24) is 4.90 Å². The Bertz CT molecular complexity index is 420. The molecule has 2 saturated heterocycles. The Balaban J connectivity index is 1.57. The first-order chi connectivity index (χ1) is 8.22. The number of hydrogen-bond acceptors (Lipinski definition) is 2. The van der Waals surface area contributed by atoms with Gasteiger partial charge in [0, 0.05) is 24.7 Å². The lowest BCUT2D eigenvalue weighted by Gasteiger charge is -2.46. The first-order valence-electron chi connectivity index (χ1n) is 6.35. The molecule has 1 aromatic rings. The van der Waals surface area contributed by atoms with E-state index in [9.17, 15) is 4.79 Å². The zero-order valence-corrected chi connectivity index (χ0v) is 9.93. The van der Waals surface area contributed by atoms with Crippen molar-refractivity contribution in [3.63, 3.8) is 0 Å². The Hall–Kier alpha value is -1.51. The lowest BCUT2D eigenvalue weighted by atomic mass is 9.70. The van der Waals surface area contributed by atoms with Crippen molar-refractivity contribution < 1.29 is 4.79 Å². The minimum absolute atomic E-state index is 0.347. The molecule has 3 heteroatoms. The van der Waals surface area contributed by atoms with Crippen molar-refractivity contribution in [1.29, 1.82) is 0 Å². The molecule has 0 radical (unpaired) electrons. The molecule has 0 unspecified atom stereocenters. The zero-order chi connectivity index (χ0) is 11.8. The molecule has 0 spiro atoms. The third kappa shape index (κ3) is 2.02. The van der Waals surface area contributed by atoms with Crippen LogP contribution in [0.2, 0.25) is 0 Å². The largest absolute Gasteiger partial charge is 0.399 e. The third-order valence-electron chi connectivity index (χ3n) is 4.03. The van der Waals surface area contributed by atoms with Crippen LogP contribution in [0, 0.1) is 11.8 Å². The van der Waals surface area contributed by atoms with Crippen LogP contribution >= 0.6 is 0 Å². The maximum Gasteiger partial charge on any atom is 0.225 e. The van der Waals surface area contributed by atoms with Gasteiger partial charge in [-0.25, -0.2) is 0 Å². The highest BCUT2D eigenvalue weighted by Crippen LogP contribution is 2.40. The lowest BCUT2D eigenvalue weighted by molar-refractivity contribution is -0.148. The average molecular weight is 230 g/mol. The lowest BCUT2D eigenvalue weighted by Crippen LogP contribution is -2.53. The highest BCUT2D eigenvalue weighted by atomic mass is 16.2. The summed E-state index contributed by atoms with van der Waals surface area (Å²) in [4.78, 5) is 14.0. The first kappa shape index (κ1) is 10.6. The number of piperidine rings is 2. The van der Waals surface area contributed by atoms with Crippen LogP contribution in [0.25, 0.3) is 0 Å². The van der Waals surface area contributed by atoms with E-state index in [1.54, 1.807) is 0 Å². The number of carbonyl (C=O) groups excluding carboxylic acids is 1. The molecule has 2 bridgehead atoms. The molecule has 1 aromatic carbocycles. The molecule has 0 aromatic heterocycles. The summed E-state index contributed by atoms with van der Waals surface area (Å²) in [5.74, 6) is 1.51. The monoisotopic (exact) mass is 230 g/mol. The molecule has 17 heavy (non-hydrogen) atoms. The molecule has 1 aliphatic carbocycles. The molecule has 2 heterocycles. The molecule has 1 amide bonds. The van der Waals surface area contributed by atoms with E-state index < -0.39 is 0 Å². The summed E-state index contributed by atoms with van der Waals surface area (Å²) < 4.78 is 0. The second kappa shape index (κ2) is 4.06. The van der Waals surface area contributed by atoms with Crippen LogP contribution in [-0.2, 0) is 11.2 Å². The fourth-order valence-corrected chi connectivity index (χ4v) is 2.90. The van der Waals surface area contributed by atoms with Crippen molar-refractivity contribution in [3.8, 4) is 0 Å². The molecule has 3 fully saturated rings. The van der Waals surface area contributed by atoms with E-state index >= 15 is 0 Å². The normalized spacial score (nSPS) is 26.8. The Kier molecular flexibility index (Phi) is 2.54. The zero-order valence-electron chi connectivity index (χ0n) is 9.93. The third-order valence-corrected chi connectivity index (χ3v) is 4.03. The van der Waals surface area contributed by atoms with Crippen molar-refractivity contribution in [2.75, 3.05) is 18.8 Å². The number of nitrogens with two attached hydrogens (primary N) is 1. The van der Waals surface area contributed by atoms with Gasteiger partial charge in [-0.2, -0.15) is 0 Å². The second-order valence-corrected chi connectivity index (χ2v) is 5.31. The molecule has 0 atom stereocenters. The number of rotatable bonds is 3. The van der Waals surface area contributed by atoms with Crippen molar-refractivity contribution in [2.45, 2.75) is 19.3 Å². The van der Waals surface area contributed by atoms with Gasteiger partial charge in [-0.1, -0.05) is 12.1 Å². The van der Waals surface area contributed by atoms with E-state index in [0.717, 1.165) is 44.0 Å². The van der Waals surface area contributed by atoms with Gasteiger partial charge in [-0.3, -0.25) is 4.79 Å². The van der Waals surface area contributed by atoms with Gasteiger partial charge in [-0.15, -0.1) is 0 Å². The van der Waals surface area contributed by atoms with E-state index in [0.29, 0.717) is 11.8 Å². The van der Waals surface area contributed by atoms with E-state index in [1.165, 1.54) is 5.56 Å². The Morgan fingerprint density at radius 1 is 1.24 bits per heavy atom. The summed E-state index contributed by atoms with van der Waals surface area (Å²) in [7, 11) is 0. The summed E-state index contributed by atoms with van der Waals surface area (Å²) in [5, 5.41) is 0. The molecule has 90 valence electrons. The maximum atomic E-state index is 11.9. The molecular formula is C14H18N2O. The highest BCUT2D eigenvalue weighted by Gasteiger charge is 2.43. The number of amides is 1. The summed E-state index contributed by atoms with van der Waals surface area (Å²) in [6.45, 7) is 1.83. The topological polar surface area (TPSA) is 46.3 Å². The van der Waals surface area contributed by atoms with Crippen LogP contribution < -0.4 is 5.73 Å². The van der Waals surface area contributed by atoms with Gasteiger partial charge in [0.15, 0.2) is 0 Å². The first-order valence-corrected chi connectivity index (χ1v) is 6.35. The Morgan fingerprint density at radius 3 is 2.59 bits per heavy atom. The predicted molar refractivity (Wildman–Crippen MR) is 67.4 cm³/mol. The van der Waals surface area contributed by atoms with Crippen LogP contribution in [0.3, 0.4) is 0 Å². The quantitative estimate of drug-likeness (QED) is 0.803. The number of fused-ring (bicyclic) bond motifs is 2. The smallest absolute Gasteiger partial charge is 0.225 e. The van der Waals surface area contributed by atoms with E-state index in [-0.39, 0.29) is 0 Å². The van der Waals surface area contributed by atoms with Gasteiger partial charge in [0.05, 0.1) is 0 Å². The van der Waals surface area contributed by atoms with Gasteiger partial charge >= 0.3 is 0 Å². The number of anilines is 1. The summed E-state index contributed by atoms with van der Waals surface area (Å²) >= 11 is 0. The van der Waals surface area contributed by atoms with Crippen LogP contribution in [0.5, 0.6) is 0 Å². The van der Waals surface area contributed by atoms with Crippen LogP contribution in [0.15, 0.2) is 24.3 Å². The fourth-order valence-electron chi connectivity index (χ4n) is 2.90. The highest BCUT2D eigenvalue weighted by molar-refractivity contribution is 5.81. The maximum absolute atomic E-state index is 11.9. The standard InChI is InChI=1S/C14H18N2O/c15-13-3-1-10(2-4-13)5-6-16-9-11-7-12(8-11)14(16)17/h1-4,11-12H,5-9,15H2. The minimum Gasteiger partial charge on any atom is -0.399 e. The average Bonchev–Trinajstić information content (AvgIpc) is 2.28. The van der Waals surface area contributed by atoms with Crippen molar-refractivity contribution >= 4 is 11.6 Å². The van der Waals surface area contributed by atoms with Gasteiger partial charge in [0.2, 0.25) is 5.91 Å². The molecule has 1 saturated carbocycles. The summed E-state index contributed by atoms with van der Waals surface area (Å²) in [5.41, 5.74) is 7.70. The second-order valence-electron chi connectivity index (χ2n) is 5.31. The van der Waals surface area contributed by atoms with Gasteiger partial charge < -0.3 is 10.6 Å². The Labute approximate surface area is 102 Å². The van der Waals surface area contributed by atoms with Crippen LogP contribution in [0.4, 0.5) is 5.69 Å². The Morgan fingerprint density at radius 2 is 1.94 bits per heavy atom. The van der Waals surface area contributed by atoms with Crippen LogP contribution in [0.1, 0.15) is 18.4 Å². The predicted octanol–water partition coefficient (Wildman–Crippen LogP) is 1.68. The fraction of sp³-hybridized carbons (Fsp3) is 0.500.